The van der Waals surface area contributed by atoms with E-state index in [4.69, 9.17) is 4.42 Å². The summed E-state index contributed by atoms with van der Waals surface area (Å²) in [6, 6.07) is 3.09. The lowest BCUT2D eigenvalue weighted by Crippen LogP contribution is -1.98. The molecule has 1 rings (SSSR count). The highest BCUT2D eigenvalue weighted by atomic mass is 16.5. The zero-order chi connectivity index (χ0) is 10.6. The molecule has 74 valence electrons. The summed E-state index contributed by atoms with van der Waals surface area (Å²) in [5.74, 6) is 0.0425. The van der Waals surface area contributed by atoms with E-state index < -0.39 is 5.97 Å². The third kappa shape index (κ3) is 2.32. The summed E-state index contributed by atoms with van der Waals surface area (Å²) in [6.45, 7) is 1.65. The number of esters is 1. The molecule has 0 aliphatic rings. The van der Waals surface area contributed by atoms with Crippen LogP contribution in [0.3, 0.4) is 0 Å². The van der Waals surface area contributed by atoms with Gasteiger partial charge in [-0.1, -0.05) is 0 Å². The lowest BCUT2D eigenvalue weighted by atomic mass is 10.3. The molecule has 0 fully saturated rings. The smallest absolute Gasteiger partial charge is 0.373 e. The average Bonchev–Trinajstić information content (AvgIpc) is 2.65. The fraction of sp³-hybridized carbons (Fsp3) is 0.200. The Kier molecular flexibility index (Phi) is 3.23. The normalized spacial score (nSPS) is 11.1. The van der Waals surface area contributed by atoms with Crippen LogP contribution in [-0.4, -0.2) is 19.4 Å². The van der Waals surface area contributed by atoms with Gasteiger partial charge < -0.3 is 9.15 Å². The van der Waals surface area contributed by atoms with Crippen LogP contribution in [0.25, 0.3) is 6.08 Å². The van der Waals surface area contributed by atoms with Crippen molar-refractivity contribution >= 4 is 18.3 Å². The fourth-order valence-electron chi connectivity index (χ4n) is 0.899. The lowest BCUT2D eigenvalue weighted by molar-refractivity contribution is -0.104. The molecular weight excluding hydrogens is 184 g/mol. The van der Waals surface area contributed by atoms with Gasteiger partial charge in [-0.2, -0.15) is 0 Å². The van der Waals surface area contributed by atoms with Crippen LogP contribution >= 0.6 is 0 Å². The van der Waals surface area contributed by atoms with E-state index in [1.807, 2.05) is 0 Å². The highest BCUT2D eigenvalue weighted by Gasteiger charge is 2.09. The third-order valence-corrected chi connectivity index (χ3v) is 1.57. The molecule has 0 aromatic carbocycles. The maximum Gasteiger partial charge on any atom is 0.373 e. The first kappa shape index (κ1) is 10.2. The Hall–Kier alpha value is -1.84. The van der Waals surface area contributed by atoms with Crippen molar-refractivity contribution in [3.63, 3.8) is 0 Å². The minimum absolute atomic E-state index is 0.123. The molecule has 0 bridgehead atoms. The van der Waals surface area contributed by atoms with Crippen LogP contribution in [0.1, 0.15) is 23.2 Å². The van der Waals surface area contributed by atoms with Crippen molar-refractivity contribution in [1.82, 2.24) is 0 Å². The maximum absolute atomic E-state index is 11.0. The first-order chi connectivity index (χ1) is 6.67. The van der Waals surface area contributed by atoms with E-state index in [0.29, 0.717) is 17.6 Å². The number of ether oxygens (including phenoxy) is 1. The van der Waals surface area contributed by atoms with Crippen molar-refractivity contribution in [2.24, 2.45) is 0 Å². The van der Waals surface area contributed by atoms with Crippen LogP contribution in [0.15, 0.2) is 22.1 Å². The van der Waals surface area contributed by atoms with Crippen LogP contribution < -0.4 is 0 Å². The number of carbonyl (C=O) groups is 2. The van der Waals surface area contributed by atoms with Crippen molar-refractivity contribution < 1.29 is 18.7 Å². The standard InChI is InChI=1S/C10H10O4/c1-7(6-11)5-8-3-4-9(14-8)10(12)13-2/h3-6H,1-2H3. The summed E-state index contributed by atoms with van der Waals surface area (Å²) >= 11 is 0. The number of hydrogen-bond donors (Lipinski definition) is 0. The van der Waals surface area contributed by atoms with Crippen LogP contribution in [0.2, 0.25) is 0 Å². The predicted octanol–water partition coefficient (Wildman–Crippen LogP) is 1.67. The van der Waals surface area contributed by atoms with Gasteiger partial charge in [-0.05, 0) is 30.7 Å². The highest BCUT2D eigenvalue weighted by Crippen LogP contribution is 2.11. The molecule has 4 nitrogen and oxygen atoms in total. The quantitative estimate of drug-likeness (QED) is 0.417. The second-order valence-electron chi connectivity index (χ2n) is 2.70. The van der Waals surface area contributed by atoms with Crippen LogP contribution in [-0.2, 0) is 9.53 Å². The summed E-state index contributed by atoms with van der Waals surface area (Å²) in [5.41, 5.74) is 0.524. The molecule has 0 aliphatic carbocycles. The molecule has 0 saturated carbocycles. The largest absolute Gasteiger partial charge is 0.463 e. The Morgan fingerprint density at radius 1 is 1.50 bits per heavy atom. The Morgan fingerprint density at radius 2 is 2.21 bits per heavy atom. The van der Waals surface area contributed by atoms with Crippen LogP contribution in [0.4, 0.5) is 0 Å². The van der Waals surface area contributed by atoms with E-state index in [2.05, 4.69) is 4.74 Å². The Morgan fingerprint density at radius 3 is 2.79 bits per heavy atom. The summed E-state index contributed by atoms with van der Waals surface area (Å²) in [6.07, 6.45) is 2.25. The number of rotatable bonds is 3. The first-order valence-electron chi connectivity index (χ1n) is 3.99. The maximum atomic E-state index is 11.0. The fourth-order valence-corrected chi connectivity index (χ4v) is 0.899. The molecule has 0 aliphatic heterocycles. The van der Waals surface area contributed by atoms with Crippen molar-refractivity contribution in [2.75, 3.05) is 7.11 Å². The summed E-state index contributed by atoms with van der Waals surface area (Å²) in [7, 11) is 1.27. The van der Waals surface area contributed by atoms with Gasteiger partial charge in [0.15, 0.2) is 0 Å². The van der Waals surface area contributed by atoms with Crippen molar-refractivity contribution in [3.05, 3.63) is 29.2 Å². The zero-order valence-electron chi connectivity index (χ0n) is 7.94. The first-order valence-corrected chi connectivity index (χ1v) is 3.99. The number of allylic oxidation sites excluding steroid dienone is 1. The van der Waals surface area contributed by atoms with Crippen molar-refractivity contribution in [3.8, 4) is 0 Å². The van der Waals surface area contributed by atoms with Gasteiger partial charge in [0.1, 0.15) is 12.0 Å². The molecule has 1 heterocycles. The summed E-state index contributed by atoms with van der Waals surface area (Å²) in [5, 5.41) is 0. The molecule has 4 heteroatoms. The van der Waals surface area contributed by atoms with Gasteiger partial charge in [0.05, 0.1) is 7.11 Å². The number of furan rings is 1. The van der Waals surface area contributed by atoms with Crippen molar-refractivity contribution in [2.45, 2.75) is 6.92 Å². The minimum atomic E-state index is -0.534. The second kappa shape index (κ2) is 4.41. The van der Waals surface area contributed by atoms with Gasteiger partial charge in [0.25, 0.3) is 0 Å². The SMILES string of the molecule is COC(=O)c1ccc(C=C(C)C=O)o1. The van der Waals surface area contributed by atoms with E-state index in [-0.39, 0.29) is 5.76 Å². The predicted molar refractivity (Wildman–Crippen MR) is 49.8 cm³/mol. The Bertz CT molecular complexity index is 373. The Balaban J connectivity index is 2.88. The molecule has 14 heavy (non-hydrogen) atoms. The van der Waals surface area contributed by atoms with E-state index >= 15 is 0 Å². The summed E-state index contributed by atoms with van der Waals surface area (Å²) in [4.78, 5) is 21.3. The summed E-state index contributed by atoms with van der Waals surface area (Å²) < 4.78 is 9.56. The number of methoxy groups -OCH3 is 1. The van der Waals surface area contributed by atoms with E-state index in [9.17, 15) is 9.59 Å². The highest BCUT2D eigenvalue weighted by molar-refractivity contribution is 5.87. The number of carbonyl (C=O) groups excluding carboxylic acids is 2. The van der Waals surface area contributed by atoms with Crippen LogP contribution in [0.5, 0.6) is 0 Å². The molecule has 0 radical (unpaired) electrons. The molecule has 0 N–H and O–H groups in total. The zero-order valence-corrected chi connectivity index (χ0v) is 7.94. The minimum Gasteiger partial charge on any atom is -0.463 e. The van der Waals surface area contributed by atoms with Gasteiger partial charge in [0.2, 0.25) is 5.76 Å². The number of hydrogen-bond acceptors (Lipinski definition) is 4. The molecule has 1 aromatic heterocycles. The van der Waals surface area contributed by atoms with E-state index in [1.165, 1.54) is 13.2 Å². The second-order valence-corrected chi connectivity index (χ2v) is 2.70. The molecule has 0 spiro atoms. The molecule has 0 atom stereocenters. The van der Waals surface area contributed by atoms with Gasteiger partial charge in [-0.3, -0.25) is 4.79 Å². The third-order valence-electron chi connectivity index (χ3n) is 1.57. The van der Waals surface area contributed by atoms with Gasteiger partial charge in [-0.25, -0.2) is 4.79 Å². The van der Waals surface area contributed by atoms with Gasteiger partial charge in [-0.15, -0.1) is 0 Å². The average molecular weight is 194 g/mol. The van der Waals surface area contributed by atoms with Crippen LogP contribution in [0, 0.1) is 0 Å². The molecule has 1 aromatic rings. The monoisotopic (exact) mass is 194 g/mol. The molecule has 0 saturated heterocycles. The van der Waals surface area contributed by atoms with Gasteiger partial charge >= 0.3 is 5.97 Å². The molecule has 0 unspecified atom stereocenters. The topological polar surface area (TPSA) is 56.5 Å². The van der Waals surface area contributed by atoms with Gasteiger partial charge in [0, 0.05) is 0 Å². The molecular formula is C10H10O4. The lowest BCUT2D eigenvalue weighted by Gasteiger charge is -1.92. The van der Waals surface area contributed by atoms with E-state index in [1.54, 1.807) is 19.1 Å². The Labute approximate surface area is 81.2 Å². The molecule has 0 amide bonds. The number of aldehydes is 1. The van der Waals surface area contributed by atoms with E-state index in [0.717, 1.165) is 0 Å². The van der Waals surface area contributed by atoms with Crippen molar-refractivity contribution in [1.29, 1.82) is 0 Å².